The summed E-state index contributed by atoms with van der Waals surface area (Å²) >= 11 is 0. The van der Waals surface area contributed by atoms with Crippen LogP contribution in [-0.2, 0) is 19.0 Å². The highest BCUT2D eigenvalue weighted by molar-refractivity contribution is 7.45. The SMILES string of the molecule is COC1[C@@H](C)[C@@H](OOP(O)CO)O[C@H]1n1ccc(N)nc1=O. The van der Waals surface area contributed by atoms with Crippen molar-refractivity contribution in [3.63, 3.8) is 0 Å². The molecule has 0 radical (unpaired) electrons. The van der Waals surface area contributed by atoms with Crippen molar-refractivity contribution >= 4 is 14.2 Å². The number of hydrogen-bond acceptors (Lipinski definition) is 9. The zero-order valence-corrected chi connectivity index (χ0v) is 12.9. The van der Waals surface area contributed by atoms with Gasteiger partial charge in [-0.3, -0.25) is 4.57 Å². The van der Waals surface area contributed by atoms with Crippen LogP contribution in [0.2, 0.25) is 0 Å². The van der Waals surface area contributed by atoms with Crippen molar-refractivity contribution in [2.45, 2.75) is 25.5 Å². The number of aromatic nitrogens is 2. The summed E-state index contributed by atoms with van der Waals surface area (Å²) < 4.78 is 16.8. The summed E-state index contributed by atoms with van der Waals surface area (Å²) in [6.07, 6.45) is -1.29. The zero-order valence-electron chi connectivity index (χ0n) is 12.0. The lowest BCUT2D eigenvalue weighted by Gasteiger charge is -2.20. The molecular formula is C11H18N3O7P. The van der Waals surface area contributed by atoms with E-state index in [9.17, 15) is 9.69 Å². The summed E-state index contributed by atoms with van der Waals surface area (Å²) in [5.41, 5.74) is 4.87. The molecule has 0 amide bonds. The molecule has 1 saturated heterocycles. The highest BCUT2D eigenvalue weighted by atomic mass is 31.2. The summed E-state index contributed by atoms with van der Waals surface area (Å²) in [6, 6.07) is 1.46. The van der Waals surface area contributed by atoms with E-state index in [1.807, 2.05) is 0 Å². The Hall–Kier alpha value is -1.13. The molecule has 1 fully saturated rings. The molecule has 1 aromatic heterocycles. The van der Waals surface area contributed by atoms with E-state index in [0.29, 0.717) is 0 Å². The van der Waals surface area contributed by atoms with Crippen molar-refractivity contribution in [1.82, 2.24) is 9.55 Å². The third-order valence-corrected chi connectivity index (χ3v) is 3.74. The average Bonchev–Trinajstić information content (AvgIpc) is 2.80. The second-order valence-electron chi connectivity index (χ2n) is 4.66. The van der Waals surface area contributed by atoms with E-state index in [0.717, 1.165) is 0 Å². The number of nitrogens with two attached hydrogens (primary N) is 1. The molecule has 2 unspecified atom stereocenters. The number of aliphatic hydroxyl groups excluding tert-OH is 1. The van der Waals surface area contributed by atoms with Gasteiger partial charge in [-0.15, -0.1) is 0 Å². The van der Waals surface area contributed by atoms with Crippen molar-refractivity contribution in [3.05, 3.63) is 22.7 Å². The molecule has 124 valence electrons. The van der Waals surface area contributed by atoms with E-state index in [2.05, 4.69) is 9.66 Å². The molecule has 0 aromatic carbocycles. The predicted octanol–water partition coefficient (Wildman–Crippen LogP) is -0.466. The number of nitrogens with zero attached hydrogens (tertiary/aromatic N) is 2. The van der Waals surface area contributed by atoms with Crippen LogP contribution in [0.4, 0.5) is 5.82 Å². The molecule has 1 aliphatic rings. The lowest BCUT2D eigenvalue weighted by Crippen LogP contribution is -2.34. The van der Waals surface area contributed by atoms with E-state index in [4.69, 9.17) is 25.2 Å². The topological polar surface area (TPSA) is 138 Å². The zero-order chi connectivity index (χ0) is 16.3. The first-order chi connectivity index (χ1) is 10.5. The third-order valence-electron chi connectivity index (χ3n) is 3.24. The van der Waals surface area contributed by atoms with Crippen LogP contribution in [0.5, 0.6) is 0 Å². The maximum atomic E-state index is 11.9. The summed E-state index contributed by atoms with van der Waals surface area (Å²) in [7, 11) is -0.621. The standard InChI is InChI=1S/C11H18N3O7P/c1-6-8(18-2)9(14-4-3-7(12)13-11(14)16)19-10(6)20-21-22(17)5-15/h3-4,6,8-10,15,17H,5H2,1-2H3,(H2,12,13,16)/t6-,8?,9-,10-,22?/m1/s1. The molecule has 0 aliphatic carbocycles. The minimum atomic E-state index is -2.10. The quantitative estimate of drug-likeness (QED) is 0.358. The van der Waals surface area contributed by atoms with E-state index < -0.39 is 39.0 Å². The first-order valence-corrected chi connectivity index (χ1v) is 7.81. The highest BCUT2D eigenvalue weighted by Crippen LogP contribution is 2.38. The van der Waals surface area contributed by atoms with Crippen molar-refractivity contribution in [2.24, 2.45) is 5.92 Å². The first-order valence-electron chi connectivity index (χ1n) is 6.41. The molecule has 0 bridgehead atoms. The number of hydrogen-bond donors (Lipinski definition) is 3. The fourth-order valence-electron chi connectivity index (χ4n) is 2.15. The van der Waals surface area contributed by atoms with Crippen molar-refractivity contribution in [3.8, 4) is 0 Å². The van der Waals surface area contributed by atoms with E-state index in [-0.39, 0.29) is 11.7 Å². The van der Waals surface area contributed by atoms with Gasteiger partial charge in [0.15, 0.2) is 12.5 Å². The van der Waals surface area contributed by atoms with Gasteiger partial charge in [0.25, 0.3) is 0 Å². The number of methoxy groups -OCH3 is 1. The molecule has 2 rings (SSSR count). The Morgan fingerprint density at radius 3 is 2.91 bits per heavy atom. The van der Waals surface area contributed by atoms with E-state index in [1.165, 1.54) is 23.9 Å². The average molecular weight is 335 g/mol. The number of rotatable bonds is 6. The third kappa shape index (κ3) is 3.61. The van der Waals surface area contributed by atoms with Crippen LogP contribution in [0.1, 0.15) is 13.2 Å². The van der Waals surface area contributed by atoms with Crippen LogP contribution < -0.4 is 11.4 Å². The van der Waals surface area contributed by atoms with Crippen LogP contribution in [0.15, 0.2) is 17.1 Å². The van der Waals surface area contributed by atoms with Crippen LogP contribution in [-0.4, -0.2) is 45.4 Å². The number of aliphatic hydroxyl groups is 1. The fraction of sp³-hybridized carbons (Fsp3) is 0.636. The van der Waals surface area contributed by atoms with Gasteiger partial charge >= 0.3 is 5.69 Å². The van der Waals surface area contributed by atoms with Gasteiger partial charge in [0.1, 0.15) is 18.3 Å². The maximum absolute atomic E-state index is 11.9. The van der Waals surface area contributed by atoms with Crippen molar-refractivity contribution in [2.75, 3.05) is 19.2 Å². The summed E-state index contributed by atoms with van der Waals surface area (Å²) in [5.74, 6) is -0.201. The van der Waals surface area contributed by atoms with Crippen molar-refractivity contribution in [1.29, 1.82) is 0 Å². The maximum Gasteiger partial charge on any atom is 0.351 e. The fourth-order valence-corrected chi connectivity index (χ4v) is 2.39. The predicted molar refractivity (Wildman–Crippen MR) is 75.2 cm³/mol. The molecule has 2 heterocycles. The molecule has 10 nitrogen and oxygen atoms in total. The molecular weight excluding hydrogens is 317 g/mol. The Morgan fingerprint density at radius 1 is 1.59 bits per heavy atom. The largest absolute Gasteiger partial charge is 0.387 e. The van der Waals surface area contributed by atoms with E-state index in [1.54, 1.807) is 6.92 Å². The summed E-state index contributed by atoms with van der Waals surface area (Å²) in [6.45, 7) is 1.77. The van der Waals surface area contributed by atoms with Gasteiger partial charge in [0.05, 0.1) is 0 Å². The molecule has 0 spiro atoms. The van der Waals surface area contributed by atoms with Gasteiger partial charge in [0, 0.05) is 19.2 Å². The van der Waals surface area contributed by atoms with Gasteiger partial charge in [-0.25, -0.2) is 4.79 Å². The highest BCUT2D eigenvalue weighted by Gasteiger charge is 2.45. The van der Waals surface area contributed by atoms with Gasteiger partial charge in [-0.05, 0) is 6.07 Å². The van der Waals surface area contributed by atoms with Crippen LogP contribution in [0.3, 0.4) is 0 Å². The smallest absolute Gasteiger partial charge is 0.351 e. The van der Waals surface area contributed by atoms with Crippen LogP contribution in [0.25, 0.3) is 0 Å². The monoisotopic (exact) mass is 335 g/mol. The minimum absolute atomic E-state index is 0.103. The Balaban J connectivity index is 2.16. The van der Waals surface area contributed by atoms with Gasteiger partial charge in [0.2, 0.25) is 8.38 Å². The molecule has 22 heavy (non-hydrogen) atoms. The van der Waals surface area contributed by atoms with Crippen LogP contribution in [0, 0.1) is 5.92 Å². The normalized spacial score (nSPS) is 29.6. The second kappa shape index (κ2) is 7.42. The van der Waals surface area contributed by atoms with Crippen molar-refractivity contribution < 1.29 is 29.0 Å². The minimum Gasteiger partial charge on any atom is -0.387 e. The molecule has 1 aliphatic heterocycles. The molecule has 0 saturated carbocycles. The lowest BCUT2D eigenvalue weighted by atomic mass is 10.1. The summed E-state index contributed by atoms with van der Waals surface area (Å²) in [5, 5.41) is 8.71. The number of anilines is 1. The Bertz CT molecular complexity index is 557. The molecule has 11 heteroatoms. The second-order valence-corrected chi connectivity index (χ2v) is 5.80. The van der Waals surface area contributed by atoms with Gasteiger partial charge < -0.3 is 25.2 Å². The molecule has 5 atom stereocenters. The molecule has 1 aromatic rings. The van der Waals surface area contributed by atoms with Crippen LogP contribution >= 0.6 is 8.38 Å². The Labute approximate surface area is 127 Å². The summed E-state index contributed by atoms with van der Waals surface area (Å²) in [4.78, 5) is 29.7. The first kappa shape index (κ1) is 17.2. The number of nitrogen functional groups attached to an aromatic ring is 1. The Kier molecular flexibility index (Phi) is 5.81. The van der Waals surface area contributed by atoms with Gasteiger partial charge in [-0.2, -0.15) is 14.5 Å². The lowest BCUT2D eigenvalue weighted by molar-refractivity contribution is -0.326. The Morgan fingerprint density at radius 2 is 2.32 bits per heavy atom. The molecule has 4 N–H and O–H groups in total. The van der Waals surface area contributed by atoms with Gasteiger partial charge in [-0.1, -0.05) is 6.92 Å². The number of ether oxygens (including phenoxy) is 2. The van der Waals surface area contributed by atoms with E-state index >= 15 is 0 Å².